The highest BCUT2D eigenvalue weighted by Crippen LogP contribution is 2.37. The number of phenols is 1. The second-order valence-electron chi connectivity index (χ2n) is 4.21. The maximum absolute atomic E-state index is 10.4. The Balaban J connectivity index is 2.16. The highest BCUT2D eigenvalue weighted by atomic mass is 16.5. The summed E-state index contributed by atoms with van der Waals surface area (Å²) in [5.74, 6) is -0.492. The van der Waals surface area contributed by atoms with Gasteiger partial charge in [-0.2, -0.15) is 0 Å². The Bertz CT molecular complexity index is 444. The Hall–Kier alpha value is -1.75. The first kappa shape index (κ1) is 11.7. The maximum Gasteiger partial charge on any atom is 0.306 e. The van der Waals surface area contributed by atoms with Gasteiger partial charge in [0, 0.05) is 11.6 Å². The minimum absolute atomic E-state index is 0.0447. The van der Waals surface area contributed by atoms with Gasteiger partial charge in [-0.1, -0.05) is 6.07 Å². The summed E-state index contributed by atoms with van der Waals surface area (Å²) in [6.45, 7) is 0.0502. The van der Waals surface area contributed by atoms with E-state index in [2.05, 4.69) is 0 Å². The van der Waals surface area contributed by atoms with Gasteiger partial charge in [0.25, 0.3) is 0 Å². The van der Waals surface area contributed by atoms with Gasteiger partial charge in [-0.3, -0.25) is 4.79 Å². The molecule has 0 fully saturated rings. The predicted octanol–water partition coefficient (Wildman–Crippen LogP) is 0.672. The minimum Gasteiger partial charge on any atom is -0.504 e. The molecular formula is C12H15NO4. The van der Waals surface area contributed by atoms with E-state index in [1.807, 2.05) is 6.07 Å². The molecule has 92 valence electrons. The number of benzene rings is 1. The molecule has 5 heteroatoms. The van der Waals surface area contributed by atoms with Gasteiger partial charge in [0.05, 0.1) is 13.0 Å². The number of phenolic OH excluding ortho intramolecular Hbond substituents is 1. The Morgan fingerprint density at radius 1 is 1.47 bits per heavy atom. The van der Waals surface area contributed by atoms with E-state index in [0.29, 0.717) is 12.2 Å². The molecule has 1 aliphatic rings. The van der Waals surface area contributed by atoms with Crippen molar-refractivity contribution in [3.8, 4) is 11.5 Å². The van der Waals surface area contributed by atoms with Gasteiger partial charge in [0.1, 0.15) is 0 Å². The molecule has 0 radical (unpaired) electrons. The molecule has 1 aromatic rings. The normalized spacial score (nSPS) is 17.8. The minimum atomic E-state index is -0.922. The van der Waals surface area contributed by atoms with Gasteiger partial charge in [-0.05, 0) is 24.5 Å². The van der Waals surface area contributed by atoms with Crippen molar-refractivity contribution in [1.29, 1.82) is 0 Å². The van der Waals surface area contributed by atoms with Crippen molar-refractivity contribution in [3.05, 3.63) is 23.3 Å². The number of aromatic hydroxyl groups is 1. The van der Waals surface area contributed by atoms with E-state index in [4.69, 9.17) is 15.6 Å². The van der Waals surface area contributed by atoms with E-state index in [1.54, 1.807) is 6.07 Å². The van der Waals surface area contributed by atoms with Crippen molar-refractivity contribution in [3.63, 3.8) is 0 Å². The van der Waals surface area contributed by atoms with Gasteiger partial charge >= 0.3 is 5.97 Å². The highest BCUT2D eigenvalue weighted by molar-refractivity contribution is 5.66. The lowest BCUT2D eigenvalue weighted by Gasteiger charge is -2.11. The van der Waals surface area contributed by atoms with Crippen LogP contribution in [-0.4, -0.2) is 28.8 Å². The van der Waals surface area contributed by atoms with Crippen LogP contribution in [0.25, 0.3) is 0 Å². The van der Waals surface area contributed by atoms with Crippen LogP contribution in [0.15, 0.2) is 12.1 Å². The highest BCUT2D eigenvalue weighted by Gasteiger charge is 2.24. The molecule has 0 amide bonds. The zero-order valence-electron chi connectivity index (χ0n) is 9.35. The Labute approximate surface area is 98.8 Å². The number of carbonyl (C=O) groups is 1. The van der Waals surface area contributed by atoms with Crippen LogP contribution in [-0.2, 0) is 17.6 Å². The van der Waals surface area contributed by atoms with E-state index in [9.17, 15) is 9.90 Å². The number of carboxylic acid groups (broad SMARTS) is 1. The molecule has 1 unspecified atom stereocenters. The van der Waals surface area contributed by atoms with Crippen LogP contribution in [0.5, 0.6) is 11.5 Å². The number of ether oxygens (including phenoxy) is 1. The largest absolute Gasteiger partial charge is 0.504 e. The molecule has 0 saturated carbocycles. The van der Waals surface area contributed by atoms with Crippen LogP contribution in [0.2, 0.25) is 0 Å². The Morgan fingerprint density at radius 3 is 2.94 bits per heavy atom. The second kappa shape index (κ2) is 4.63. The second-order valence-corrected chi connectivity index (χ2v) is 4.21. The van der Waals surface area contributed by atoms with Crippen LogP contribution in [0.3, 0.4) is 0 Å². The number of nitrogens with two attached hydrogens (primary N) is 1. The number of carboxylic acids is 1. The first-order valence-corrected chi connectivity index (χ1v) is 5.52. The number of hydrogen-bond donors (Lipinski definition) is 3. The Morgan fingerprint density at radius 2 is 2.24 bits per heavy atom. The molecule has 2 rings (SSSR count). The zero-order chi connectivity index (χ0) is 12.4. The monoisotopic (exact) mass is 237 g/mol. The zero-order valence-corrected chi connectivity index (χ0v) is 9.35. The van der Waals surface area contributed by atoms with Crippen molar-refractivity contribution in [2.75, 3.05) is 6.61 Å². The van der Waals surface area contributed by atoms with Crippen molar-refractivity contribution >= 4 is 5.97 Å². The van der Waals surface area contributed by atoms with Crippen molar-refractivity contribution in [2.45, 2.75) is 25.3 Å². The third kappa shape index (κ3) is 2.50. The fourth-order valence-corrected chi connectivity index (χ4v) is 2.09. The molecular weight excluding hydrogens is 222 g/mol. The number of rotatable bonds is 4. The molecule has 4 N–H and O–H groups in total. The smallest absolute Gasteiger partial charge is 0.306 e. The maximum atomic E-state index is 10.4. The number of hydrogen-bond acceptors (Lipinski definition) is 4. The molecule has 1 aliphatic carbocycles. The summed E-state index contributed by atoms with van der Waals surface area (Å²) in [4.78, 5) is 10.4. The SMILES string of the molecule is NC1Cc2ccc(O)c(OCCC(=O)O)c2C1. The average Bonchev–Trinajstić information content (AvgIpc) is 2.62. The van der Waals surface area contributed by atoms with Crippen LogP contribution < -0.4 is 10.5 Å². The van der Waals surface area contributed by atoms with Crippen LogP contribution in [0, 0.1) is 0 Å². The fourth-order valence-electron chi connectivity index (χ4n) is 2.09. The van der Waals surface area contributed by atoms with Crippen LogP contribution >= 0.6 is 0 Å². The number of fused-ring (bicyclic) bond motifs is 1. The third-order valence-corrected chi connectivity index (χ3v) is 2.85. The molecule has 1 aromatic carbocycles. The summed E-state index contributed by atoms with van der Waals surface area (Å²) < 4.78 is 5.35. The van der Waals surface area contributed by atoms with Crippen LogP contribution in [0.4, 0.5) is 0 Å². The topological polar surface area (TPSA) is 92.8 Å². The Kier molecular flexibility index (Phi) is 3.19. The molecule has 0 bridgehead atoms. The van der Waals surface area contributed by atoms with E-state index in [1.165, 1.54) is 0 Å². The molecule has 0 spiro atoms. The number of aliphatic carboxylic acids is 1. The quantitative estimate of drug-likeness (QED) is 0.715. The van der Waals surface area contributed by atoms with E-state index < -0.39 is 5.97 Å². The molecule has 0 heterocycles. The lowest BCUT2D eigenvalue weighted by molar-refractivity contribution is -0.137. The molecule has 0 aromatic heterocycles. The summed E-state index contributed by atoms with van der Waals surface area (Å²) in [5.41, 5.74) is 7.83. The molecule has 0 saturated heterocycles. The summed E-state index contributed by atoms with van der Waals surface area (Å²) in [5, 5.41) is 18.2. The van der Waals surface area contributed by atoms with Gasteiger partial charge < -0.3 is 20.7 Å². The van der Waals surface area contributed by atoms with E-state index in [-0.39, 0.29) is 24.8 Å². The fraction of sp³-hybridized carbons (Fsp3) is 0.417. The predicted molar refractivity (Wildman–Crippen MR) is 61.2 cm³/mol. The van der Waals surface area contributed by atoms with Gasteiger partial charge in [0.2, 0.25) is 0 Å². The van der Waals surface area contributed by atoms with E-state index >= 15 is 0 Å². The van der Waals surface area contributed by atoms with Crippen molar-refractivity contribution in [1.82, 2.24) is 0 Å². The molecule has 1 atom stereocenters. The average molecular weight is 237 g/mol. The molecule has 17 heavy (non-hydrogen) atoms. The van der Waals surface area contributed by atoms with Gasteiger partial charge in [0.15, 0.2) is 11.5 Å². The third-order valence-electron chi connectivity index (χ3n) is 2.85. The lowest BCUT2D eigenvalue weighted by atomic mass is 10.1. The first-order valence-electron chi connectivity index (χ1n) is 5.52. The standard InChI is InChI=1S/C12H15NO4/c13-8-5-7-1-2-10(14)12(9(7)6-8)17-4-3-11(15)16/h1-2,8,14H,3-6,13H2,(H,15,16). The van der Waals surface area contributed by atoms with Crippen LogP contribution in [0.1, 0.15) is 17.5 Å². The van der Waals surface area contributed by atoms with E-state index in [0.717, 1.165) is 17.5 Å². The lowest BCUT2D eigenvalue weighted by Crippen LogP contribution is -2.19. The molecule has 0 aliphatic heterocycles. The summed E-state index contributed by atoms with van der Waals surface area (Å²) in [6, 6.07) is 3.45. The first-order chi connectivity index (χ1) is 8.08. The van der Waals surface area contributed by atoms with Crippen molar-refractivity contribution < 1.29 is 19.7 Å². The van der Waals surface area contributed by atoms with Gasteiger partial charge in [-0.15, -0.1) is 0 Å². The van der Waals surface area contributed by atoms with Gasteiger partial charge in [-0.25, -0.2) is 0 Å². The summed E-state index contributed by atoms with van der Waals surface area (Å²) in [6.07, 6.45) is 1.34. The summed E-state index contributed by atoms with van der Waals surface area (Å²) in [7, 11) is 0. The summed E-state index contributed by atoms with van der Waals surface area (Å²) >= 11 is 0. The van der Waals surface area contributed by atoms with Crippen molar-refractivity contribution in [2.24, 2.45) is 5.73 Å². The molecule has 5 nitrogen and oxygen atoms in total.